The highest BCUT2D eigenvalue weighted by Crippen LogP contribution is 2.31. The van der Waals surface area contributed by atoms with Gasteiger partial charge in [0, 0.05) is 17.4 Å². The highest BCUT2D eigenvalue weighted by Gasteiger charge is 2.07. The van der Waals surface area contributed by atoms with Crippen molar-refractivity contribution >= 4 is 11.3 Å². The van der Waals surface area contributed by atoms with Gasteiger partial charge in [-0.15, -0.1) is 11.3 Å². The van der Waals surface area contributed by atoms with Crippen LogP contribution in [0, 0.1) is 0 Å². The van der Waals surface area contributed by atoms with Crippen LogP contribution in [0.4, 0.5) is 0 Å². The van der Waals surface area contributed by atoms with Gasteiger partial charge >= 0.3 is 0 Å². The molecule has 0 saturated heterocycles. The summed E-state index contributed by atoms with van der Waals surface area (Å²) < 4.78 is 0. The Morgan fingerprint density at radius 1 is 0.905 bits per heavy atom. The number of phenolic OH excluding ortho intramolecular Hbond substituents is 2. The Balaban J connectivity index is 1.72. The fraction of sp³-hybridized carbons (Fsp3) is 0.118. The summed E-state index contributed by atoms with van der Waals surface area (Å²) in [5.74, 6) is -0.232. The number of benzene rings is 2. The number of aromatic nitrogens is 1. The van der Waals surface area contributed by atoms with Gasteiger partial charge in [-0.2, -0.15) is 0 Å². The molecule has 21 heavy (non-hydrogen) atoms. The van der Waals surface area contributed by atoms with E-state index < -0.39 is 0 Å². The molecule has 2 N–H and O–H groups in total. The summed E-state index contributed by atoms with van der Waals surface area (Å²) in [6.45, 7) is 0. The summed E-state index contributed by atoms with van der Waals surface area (Å²) in [5, 5.41) is 21.9. The number of phenols is 2. The summed E-state index contributed by atoms with van der Waals surface area (Å²) in [5.41, 5.74) is 2.95. The zero-order valence-corrected chi connectivity index (χ0v) is 12.2. The monoisotopic (exact) mass is 297 g/mol. The minimum atomic E-state index is -0.119. The van der Waals surface area contributed by atoms with Crippen molar-refractivity contribution in [3.05, 3.63) is 64.5 Å². The second-order valence-corrected chi connectivity index (χ2v) is 5.76. The highest BCUT2D eigenvalue weighted by molar-refractivity contribution is 7.09. The van der Waals surface area contributed by atoms with E-state index in [1.165, 1.54) is 17.7 Å². The first-order valence-corrected chi connectivity index (χ1v) is 7.61. The predicted octanol–water partition coefficient (Wildman–Crippen LogP) is 4.01. The molecule has 0 fully saturated rings. The van der Waals surface area contributed by atoms with Crippen LogP contribution in [0.2, 0.25) is 0 Å². The van der Waals surface area contributed by atoms with Crippen molar-refractivity contribution < 1.29 is 10.2 Å². The summed E-state index contributed by atoms with van der Waals surface area (Å²) in [6.07, 6.45) is 1.87. The molecule has 2 aromatic carbocycles. The minimum absolute atomic E-state index is 0.113. The van der Waals surface area contributed by atoms with Crippen molar-refractivity contribution in [2.75, 3.05) is 0 Å². The van der Waals surface area contributed by atoms with Crippen LogP contribution in [0.3, 0.4) is 0 Å². The molecule has 1 heterocycles. The number of rotatable bonds is 4. The standard InChI is InChI=1S/C17H15NO2S/c19-15-8-7-13(10-16(15)20)14-11-21-17(18-14)9-6-12-4-2-1-3-5-12/h1-5,7-8,10-11,19-20H,6,9H2. The first-order chi connectivity index (χ1) is 10.2. The number of aryl methyl sites for hydroxylation is 2. The maximum atomic E-state index is 9.55. The Hall–Kier alpha value is -2.33. The largest absolute Gasteiger partial charge is 0.504 e. The van der Waals surface area contributed by atoms with E-state index in [-0.39, 0.29) is 11.5 Å². The van der Waals surface area contributed by atoms with Crippen LogP contribution in [-0.4, -0.2) is 15.2 Å². The van der Waals surface area contributed by atoms with Crippen molar-refractivity contribution in [3.63, 3.8) is 0 Å². The number of thiazole rings is 1. The van der Waals surface area contributed by atoms with Crippen LogP contribution in [0.5, 0.6) is 11.5 Å². The number of hydrogen-bond donors (Lipinski definition) is 2. The first kappa shape index (κ1) is 13.6. The molecule has 0 saturated carbocycles. The summed E-state index contributed by atoms with van der Waals surface area (Å²) in [4.78, 5) is 4.59. The summed E-state index contributed by atoms with van der Waals surface area (Å²) >= 11 is 1.62. The molecule has 4 heteroatoms. The lowest BCUT2D eigenvalue weighted by atomic mass is 10.1. The van der Waals surface area contributed by atoms with Crippen molar-refractivity contribution in [3.8, 4) is 22.8 Å². The van der Waals surface area contributed by atoms with Gasteiger partial charge in [-0.3, -0.25) is 0 Å². The topological polar surface area (TPSA) is 53.4 Å². The third-order valence-corrected chi connectivity index (χ3v) is 4.20. The molecular formula is C17H15NO2S. The van der Waals surface area contributed by atoms with Gasteiger partial charge in [-0.05, 0) is 30.2 Å². The van der Waals surface area contributed by atoms with E-state index in [9.17, 15) is 10.2 Å². The second kappa shape index (κ2) is 5.97. The average Bonchev–Trinajstić information content (AvgIpc) is 2.98. The molecule has 0 bridgehead atoms. The molecule has 106 valence electrons. The summed E-state index contributed by atoms with van der Waals surface area (Å²) in [6, 6.07) is 15.1. The van der Waals surface area contributed by atoms with Gasteiger partial charge in [0.2, 0.25) is 0 Å². The number of hydrogen-bond acceptors (Lipinski definition) is 4. The Bertz CT molecular complexity index is 738. The van der Waals surface area contributed by atoms with Gasteiger partial charge in [0.25, 0.3) is 0 Å². The third kappa shape index (κ3) is 3.23. The van der Waals surface area contributed by atoms with E-state index >= 15 is 0 Å². The second-order valence-electron chi connectivity index (χ2n) is 4.82. The molecule has 0 radical (unpaired) electrons. The lowest BCUT2D eigenvalue weighted by molar-refractivity contribution is 0.404. The maximum Gasteiger partial charge on any atom is 0.158 e. The van der Waals surface area contributed by atoms with Gasteiger partial charge in [0.1, 0.15) is 0 Å². The van der Waals surface area contributed by atoms with E-state index in [1.807, 2.05) is 23.6 Å². The maximum absolute atomic E-state index is 9.55. The van der Waals surface area contributed by atoms with Crippen LogP contribution in [0.25, 0.3) is 11.3 Å². The fourth-order valence-electron chi connectivity index (χ4n) is 2.14. The molecule has 3 rings (SSSR count). The molecular weight excluding hydrogens is 282 g/mol. The molecule has 3 nitrogen and oxygen atoms in total. The molecule has 0 unspecified atom stereocenters. The summed E-state index contributed by atoms with van der Waals surface area (Å²) in [7, 11) is 0. The van der Waals surface area contributed by atoms with E-state index in [4.69, 9.17) is 0 Å². The van der Waals surface area contributed by atoms with Gasteiger partial charge in [-0.25, -0.2) is 4.98 Å². The predicted molar refractivity (Wildman–Crippen MR) is 84.7 cm³/mol. The van der Waals surface area contributed by atoms with Crippen molar-refractivity contribution in [2.45, 2.75) is 12.8 Å². The van der Waals surface area contributed by atoms with Crippen LogP contribution in [0.15, 0.2) is 53.9 Å². The Kier molecular flexibility index (Phi) is 3.88. The fourth-order valence-corrected chi connectivity index (χ4v) is 2.94. The van der Waals surface area contributed by atoms with Crippen LogP contribution in [-0.2, 0) is 12.8 Å². The minimum Gasteiger partial charge on any atom is -0.504 e. The lowest BCUT2D eigenvalue weighted by Gasteiger charge is -2.00. The highest BCUT2D eigenvalue weighted by atomic mass is 32.1. The smallest absolute Gasteiger partial charge is 0.158 e. The first-order valence-electron chi connectivity index (χ1n) is 6.73. The van der Waals surface area contributed by atoms with Crippen molar-refractivity contribution in [1.82, 2.24) is 4.98 Å². The van der Waals surface area contributed by atoms with E-state index in [1.54, 1.807) is 17.4 Å². The molecule has 0 aliphatic carbocycles. The van der Waals surface area contributed by atoms with Crippen molar-refractivity contribution in [1.29, 1.82) is 0 Å². The molecule has 0 aliphatic heterocycles. The molecule has 0 aliphatic rings. The van der Waals surface area contributed by atoms with Gasteiger partial charge in [0.05, 0.1) is 10.7 Å². The van der Waals surface area contributed by atoms with Gasteiger partial charge in [0.15, 0.2) is 11.5 Å². The number of nitrogens with zero attached hydrogens (tertiary/aromatic N) is 1. The normalized spacial score (nSPS) is 10.7. The van der Waals surface area contributed by atoms with Crippen LogP contribution in [0.1, 0.15) is 10.6 Å². The SMILES string of the molecule is Oc1ccc(-c2csc(CCc3ccccc3)n2)cc1O. The van der Waals surface area contributed by atoms with Crippen LogP contribution >= 0.6 is 11.3 Å². The number of aromatic hydroxyl groups is 2. The quantitative estimate of drug-likeness (QED) is 0.715. The third-order valence-electron chi connectivity index (χ3n) is 3.29. The van der Waals surface area contributed by atoms with E-state index in [0.717, 1.165) is 29.1 Å². The Morgan fingerprint density at radius 3 is 2.48 bits per heavy atom. The molecule has 0 spiro atoms. The molecule has 3 aromatic rings. The van der Waals surface area contributed by atoms with Gasteiger partial charge in [-0.1, -0.05) is 30.3 Å². The van der Waals surface area contributed by atoms with Crippen molar-refractivity contribution in [2.24, 2.45) is 0 Å². The molecule has 0 atom stereocenters. The zero-order chi connectivity index (χ0) is 14.7. The van der Waals surface area contributed by atoms with Gasteiger partial charge < -0.3 is 10.2 Å². The Morgan fingerprint density at radius 2 is 1.71 bits per heavy atom. The lowest BCUT2D eigenvalue weighted by Crippen LogP contribution is -1.90. The molecule has 0 amide bonds. The van der Waals surface area contributed by atoms with E-state index in [2.05, 4.69) is 17.1 Å². The van der Waals surface area contributed by atoms with E-state index in [0.29, 0.717) is 0 Å². The average molecular weight is 297 g/mol. The molecule has 1 aromatic heterocycles. The Labute approximate surface area is 127 Å². The van der Waals surface area contributed by atoms with Crippen LogP contribution < -0.4 is 0 Å². The zero-order valence-electron chi connectivity index (χ0n) is 11.4.